The molecule has 1 aromatic rings. The van der Waals surface area contributed by atoms with E-state index >= 15 is 0 Å². The number of nitrogens with one attached hydrogen (secondary N) is 1. The summed E-state index contributed by atoms with van der Waals surface area (Å²) >= 11 is 0. The van der Waals surface area contributed by atoms with Gasteiger partial charge in [0.2, 0.25) is 5.91 Å². The summed E-state index contributed by atoms with van der Waals surface area (Å²) < 4.78 is 4.96. The van der Waals surface area contributed by atoms with Crippen LogP contribution in [0.25, 0.3) is 0 Å². The molecule has 0 spiro atoms. The highest BCUT2D eigenvalue weighted by atomic mass is 28.2. The van der Waals surface area contributed by atoms with Crippen LogP contribution in [0.2, 0.25) is 0 Å². The minimum absolute atomic E-state index is 0.0913. The topological polar surface area (TPSA) is 125 Å². The highest BCUT2D eigenvalue weighted by Gasteiger charge is 2.21. The van der Waals surface area contributed by atoms with Crippen molar-refractivity contribution in [3.63, 3.8) is 0 Å². The van der Waals surface area contributed by atoms with E-state index in [1.54, 1.807) is 14.0 Å². The molecule has 130 valence electrons. The number of benzene rings is 1. The predicted octanol–water partition coefficient (Wildman–Crippen LogP) is 2.18. The van der Waals surface area contributed by atoms with Gasteiger partial charge in [-0.05, 0) is 13.3 Å². The molecule has 9 nitrogen and oxygen atoms in total. The van der Waals surface area contributed by atoms with Crippen molar-refractivity contribution in [1.82, 2.24) is 5.32 Å². The number of para-hydroxylation sites is 2. The van der Waals surface area contributed by atoms with E-state index in [4.69, 9.17) is 4.43 Å². The van der Waals surface area contributed by atoms with Crippen molar-refractivity contribution in [2.45, 2.75) is 25.9 Å². The number of hydrogen-bond donors (Lipinski definition) is 1. The van der Waals surface area contributed by atoms with Crippen LogP contribution in [-0.2, 0) is 9.22 Å². The maximum atomic E-state index is 11.1. The van der Waals surface area contributed by atoms with Crippen molar-refractivity contribution in [3.05, 3.63) is 56.6 Å². The van der Waals surface area contributed by atoms with E-state index < -0.39 is 21.2 Å². The molecule has 0 aliphatic carbocycles. The molecular weight excluding hydrogens is 334 g/mol. The van der Waals surface area contributed by atoms with E-state index in [0.29, 0.717) is 15.3 Å². The van der Waals surface area contributed by atoms with Crippen molar-refractivity contribution in [2.75, 3.05) is 7.11 Å². The number of amides is 1. The Balaban J connectivity index is 0.000000441. The lowest BCUT2D eigenvalue weighted by molar-refractivity contribution is -0.422. The van der Waals surface area contributed by atoms with Crippen molar-refractivity contribution < 1.29 is 19.1 Å². The van der Waals surface area contributed by atoms with Crippen molar-refractivity contribution in [1.29, 1.82) is 0 Å². The molecule has 0 aromatic heterocycles. The summed E-state index contributed by atoms with van der Waals surface area (Å²) in [5.41, 5.74) is -0.307. The summed E-state index contributed by atoms with van der Waals surface area (Å²) in [5, 5.41) is 23.3. The van der Waals surface area contributed by atoms with Gasteiger partial charge in [0.15, 0.2) is 0 Å². The average molecular weight is 353 g/mol. The van der Waals surface area contributed by atoms with Gasteiger partial charge >= 0.3 is 11.4 Å². The molecule has 10 heteroatoms. The molecule has 2 radical (unpaired) electrons. The summed E-state index contributed by atoms with van der Waals surface area (Å²) in [6, 6.07) is 4.95. The van der Waals surface area contributed by atoms with Crippen LogP contribution >= 0.6 is 0 Å². The number of nitrogens with zero attached hydrogens (tertiary/aromatic N) is 2. The molecule has 0 fully saturated rings. The van der Waals surface area contributed by atoms with Crippen LogP contribution in [0.4, 0.5) is 11.4 Å². The van der Waals surface area contributed by atoms with Gasteiger partial charge in [0, 0.05) is 30.5 Å². The maximum Gasteiger partial charge on any atom is 0.346 e. The minimum Gasteiger partial charge on any atom is -0.418 e. The molecular formula is C14H19N3O6Si. The fraction of sp³-hybridized carbons (Fsp3) is 0.357. The molecule has 1 amide bonds. The van der Waals surface area contributed by atoms with Crippen LogP contribution in [0.1, 0.15) is 20.3 Å². The Bertz CT molecular complexity index is 575. The Labute approximate surface area is 141 Å². The first kappa shape index (κ1) is 21.4. The lowest BCUT2D eigenvalue weighted by atomic mass is 10.3. The fourth-order valence-electron chi connectivity index (χ4n) is 1.41. The minimum atomic E-state index is -0.780. The van der Waals surface area contributed by atoms with Crippen LogP contribution in [0.5, 0.6) is 0 Å². The first-order valence-electron chi connectivity index (χ1n) is 6.87. The van der Waals surface area contributed by atoms with Crippen LogP contribution in [0, 0.1) is 20.2 Å². The summed E-state index contributed by atoms with van der Waals surface area (Å²) in [6.07, 6.45) is 0.880. The Morgan fingerprint density at radius 3 is 2.04 bits per heavy atom. The number of hydrogen-bond acceptors (Lipinski definition) is 6. The van der Waals surface area contributed by atoms with Crippen molar-refractivity contribution in [2.24, 2.45) is 0 Å². The van der Waals surface area contributed by atoms with Crippen LogP contribution in [0.3, 0.4) is 0 Å². The molecule has 0 aliphatic rings. The summed E-state index contributed by atoms with van der Waals surface area (Å²) in [4.78, 5) is 30.0. The molecule has 0 aliphatic heterocycles. The molecule has 1 aromatic carbocycles. The molecule has 0 bridgehead atoms. The third-order valence-electron chi connectivity index (χ3n) is 2.64. The Morgan fingerprint density at radius 2 is 1.75 bits per heavy atom. The molecule has 1 atom stereocenters. The second kappa shape index (κ2) is 11.0. The van der Waals surface area contributed by atoms with Gasteiger partial charge in [-0.25, -0.2) is 0 Å². The lowest BCUT2D eigenvalue weighted by Crippen LogP contribution is -2.39. The van der Waals surface area contributed by atoms with E-state index in [2.05, 4.69) is 11.9 Å². The van der Waals surface area contributed by atoms with Crippen LogP contribution in [-0.4, -0.2) is 38.3 Å². The number of carbonyl (C=O) groups excluding carboxylic acids is 1. The van der Waals surface area contributed by atoms with Crippen LogP contribution in [0.15, 0.2) is 36.4 Å². The van der Waals surface area contributed by atoms with Gasteiger partial charge in [0.1, 0.15) is 0 Å². The standard InChI is InChI=1S/C8H15NO2Si.C6H4N2O4/c1-5-7(12-11-4)9-8(10)6(2)3;9-7(10)5-3-1-2-4-6(5)8(11)12/h7H,2,5H2,1,3-4H3,(H,9,10);1-4H. The summed E-state index contributed by atoms with van der Waals surface area (Å²) in [5.74, 6) is -0.0913. The van der Waals surface area contributed by atoms with E-state index in [1.165, 1.54) is 12.1 Å². The molecule has 1 rings (SSSR count). The first-order chi connectivity index (χ1) is 11.2. The zero-order valence-corrected chi connectivity index (χ0v) is 14.6. The summed E-state index contributed by atoms with van der Waals surface area (Å²) in [6.45, 7) is 7.25. The second-order valence-corrected chi connectivity index (χ2v) is 5.88. The zero-order valence-electron chi connectivity index (χ0n) is 13.6. The molecule has 1 N–H and O–H groups in total. The monoisotopic (exact) mass is 353 g/mol. The average Bonchev–Trinajstić information content (AvgIpc) is 2.54. The quantitative estimate of drug-likeness (QED) is 0.347. The number of nitro groups is 2. The van der Waals surface area contributed by atoms with Gasteiger partial charge in [-0.2, -0.15) is 0 Å². The van der Waals surface area contributed by atoms with E-state index in [1.807, 2.05) is 6.92 Å². The molecule has 0 heterocycles. The van der Waals surface area contributed by atoms with Crippen molar-refractivity contribution >= 4 is 27.0 Å². The maximum absolute atomic E-state index is 11.1. The molecule has 1 unspecified atom stereocenters. The number of nitro benzene ring substituents is 2. The van der Waals surface area contributed by atoms with Gasteiger partial charge in [-0.1, -0.05) is 25.6 Å². The Kier molecular flexibility index (Phi) is 9.83. The predicted molar refractivity (Wildman–Crippen MR) is 89.5 cm³/mol. The third-order valence-corrected chi connectivity index (χ3v) is 3.71. The van der Waals surface area contributed by atoms with Gasteiger partial charge < -0.3 is 9.74 Å². The SMILES string of the molecule is C=C(C)C(=O)NC(CC)[Si]OC.O=[N+]([O-])c1ccccc1[N+](=O)[O-]. The number of carbonyl (C=O) groups is 1. The normalized spacial score (nSPS) is 10.8. The highest BCUT2D eigenvalue weighted by Crippen LogP contribution is 2.24. The second-order valence-electron chi connectivity index (χ2n) is 4.54. The van der Waals surface area contributed by atoms with Gasteiger partial charge in [-0.15, -0.1) is 0 Å². The third kappa shape index (κ3) is 7.60. The molecule has 0 saturated heterocycles. The Hall–Kier alpha value is -2.59. The zero-order chi connectivity index (χ0) is 18.7. The number of rotatable bonds is 7. The van der Waals surface area contributed by atoms with Gasteiger partial charge in [0.25, 0.3) is 9.76 Å². The molecule has 0 saturated carbocycles. The summed E-state index contributed by atoms with van der Waals surface area (Å²) in [7, 11) is 1.95. The van der Waals surface area contributed by atoms with Gasteiger partial charge in [-0.3, -0.25) is 25.0 Å². The Morgan fingerprint density at radius 1 is 1.29 bits per heavy atom. The van der Waals surface area contributed by atoms with E-state index in [0.717, 1.165) is 18.6 Å². The lowest BCUT2D eigenvalue weighted by Gasteiger charge is -2.13. The highest BCUT2D eigenvalue weighted by molar-refractivity contribution is 6.30. The smallest absolute Gasteiger partial charge is 0.346 e. The van der Waals surface area contributed by atoms with Gasteiger partial charge in [0.05, 0.1) is 9.85 Å². The first-order valence-corrected chi connectivity index (χ1v) is 7.85. The van der Waals surface area contributed by atoms with Crippen molar-refractivity contribution in [3.8, 4) is 0 Å². The van der Waals surface area contributed by atoms with Crippen LogP contribution < -0.4 is 5.32 Å². The van der Waals surface area contributed by atoms with E-state index in [9.17, 15) is 25.0 Å². The molecule has 24 heavy (non-hydrogen) atoms. The van der Waals surface area contributed by atoms with E-state index in [-0.39, 0.29) is 11.6 Å². The fourth-order valence-corrected chi connectivity index (χ4v) is 2.05. The largest absolute Gasteiger partial charge is 0.418 e.